The summed E-state index contributed by atoms with van der Waals surface area (Å²) in [5.74, 6) is 1.49. The molecule has 3 N–H and O–H groups in total. The number of carbonyl (C=O) groups excluding carboxylic acids is 1. The Balaban J connectivity index is 1.76. The Labute approximate surface area is 124 Å². The van der Waals surface area contributed by atoms with E-state index in [0.717, 1.165) is 17.0 Å². The number of hydrogen-bond donors (Lipinski definition) is 3. The summed E-state index contributed by atoms with van der Waals surface area (Å²) >= 11 is 0. The van der Waals surface area contributed by atoms with Crippen LogP contribution >= 0.6 is 0 Å². The normalized spacial score (nSPS) is 12.0. The summed E-state index contributed by atoms with van der Waals surface area (Å²) in [4.78, 5) is 11.7. The Morgan fingerprint density at radius 3 is 2.62 bits per heavy atom. The molecule has 2 aromatic rings. The number of benzene rings is 1. The van der Waals surface area contributed by atoms with Crippen LogP contribution in [0.15, 0.2) is 40.8 Å². The summed E-state index contributed by atoms with van der Waals surface area (Å²) in [6.45, 7) is 4.04. The summed E-state index contributed by atoms with van der Waals surface area (Å²) in [6, 6.07) is 10.7. The second-order valence-electron chi connectivity index (χ2n) is 4.92. The van der Waals surface area contributed by atoms with Gasteiger partial charge in [0.15, 0.2) is 0 Å². The number of nitrogens with one attached hydrogen (secondary N) is 2. The molecule has 0 saturated carbocycles. The molecule has 0 saturated heterocycles. The summed E-state index contributed by atoms with van der Waals surface area (Å²) in [6.07, 6.45) is -0.207. The fourth-order valence-electron chi connectivity index (χ4n) is 2.16. The van der Waals surface area contributed by atoms with Crippen LogP contribution in [-0.2, 0) is 0 Å². The van der Waals surface area contributed by atoms with Gasteiger partial charge in [-0.05, 0) is 38.5 Å². The van der Waals surface area contributed by atoms with E-state index in [-0.39, 0.29) is 6.03 Å². The Bertz CT molecular complexity index is 593. The minimum atomic E-state index is -0.639. The predicted molar refractivity (Wildman–Crippen MR) is 81.2 cm³/mol. The van der Waals surface area contributed by atoms with Crippen molar-refractivity contribution in [3.8, 4) is 0 Å². The van der Waals surface area contributed by atoms with Crippen LogP contribution in [0.3, 0.4) is 0 Å². The zero-order valence-corrected chi connectivity index (χ0v) is 12.2. The molecule has 0 aliphatic rings. The predicted octanol–water partition coefficient (Wildman–Crippen LogP) is 3.14. The van der Waals surface area contributed by atoms with E-state index in [9.17, 15) is 9.90 Å². The van der Waals surface area contributed by atoms with Gasteiger partial charge in [-0.1, -0.05) is 18.2 Å². The summed E-state index contributed by atoms with van der Waals surface area (Å²) in [5.41, 5.74) is 1.51. The number of hydrogen-bond acceptors (Lipinski definition) is 3. The van der Waals surface area contributed by atoms with E-state index in [0.29, 0.717) is 18.7 Å². The van der Waals surface area contributed by atoms with Gasteiger partial charge < -0.3 is 20.2 Å². The van der Waals surface area contributed by atoms with E-state index in [1.54, 1.807) is 0 Å². The van der Waals surface area contributed by atoms with Crippen molar-refractivity contribution in [1.82, 2.24) is 5.32 Å². The second kappa shape index (κ2) is 6.95. The average Bonchev–Trinajstić information content (AvgIpc) is 2.79. The van der Waals surface area contributed by atoms with Crippen molar-refractivity contribution < 1.29 is 14.3 Å². The van der Waals surface area contributed by atoms with Crippen molar-refractivity contribution >= 4 is 11.7 Å². The van der Waals surface area contributed by atoms with Gasteiger partial charge in [-0.3, -0.25) is 0 Å². The zero-order valence-electron chi connectivity index (χ0n) is 12.2. The first-order valence-electron chi connectivity index (χ1n) is 6.91. The van der Waals surface area contributed by atoms with E-state index >= 15 is 0 Å². The minimum Gasteiger partial charge on any atom is -0.466 e. The van der Waals surface area contributed by atoms with Gasteiger partial charge in [0.2, 0.25) is 0 Å². The fraction of sp³-hybridized carbons (Fsp3) is 0.312. The molecule has 5 nitrogen and oxygen atoms in total. The third kappa shape index (κ3) is 4.36. The molecule has 1 atom stereocenters. The highest BCUT2D eigenvalue weighted by Gasteiger charge is 2.14. The molecule has 1 aromatic carbocycles. The lowest BCUT2D eigenvalue weighted by atomic mass is 10.1. The van der Waals surface area contributed by atoms with Crippen molar-refractivity contribution in [2.75, 3.05) is 11.9 Å². The summed E-state index contributed by atoms with van der Waals surface area (Å²) in [5, 5.41) is 15.5. The second-order valence-corrected chi connectivity index (χ2v) is 4.92. The van der Waals surface area contributed by atoms with Crippen molar-refractivity contribution in [3.05, 3.63) is 53.5 Å². The molecule has 0 spiro atoms. The number of urea groups is 1. The molecule has 1 heterocycles. The third-order valence-electron chi connectivity index (χ3n) is 3.17. The Kier molecular flexibility index (Phi) is 5.00. The zero-order chi connectivity index (χ0) is 15.2. The number of amides is 2. The number of furan rings is 1. The lowest BCUT2D eigenvalue weighted by Crippen LogP contribution is -2.30. The van der Waals surface area contributed by atoms with Gasteiger partial charge in [-0.25, -0.2) is 4.79 Å². The van der Waals surface area contributed by atoms with Gasteiger partial charge in [0.05, 0.1) is 6.10 Å². The van der Waals surface area contributed by atoms with Crippen LogP contribution in [0, 0.1) is 13.8 Å². The van der Waals surface area contributed by atoms with Gasteiger partial charge >= 0.3 is 6.03 Å². The van der Waals surface area contributed by atoms with Gasteiger partial charge in [0.1, 0.15) is 11.5 Å². The van der Waals surface area contributed by atoms with Crippen molar-refractivity contribution in [1.29, 1.82) is 0 Å². The fourth-order valence-corrected chi connectivity index (χ4v) is 2.16. The first-order valence-corrected chi connectivity index (χ1v) is 6.91. The molecular weight excluding hydrogens is 268 g/mol. The lowest BCUT2D eigenvalue weighted by molar-refractivity contribution is 0.165. The molecule has 0 bridgehead atoms. The number of carbonyl (C=O) groups is 1. The van der Waals surface area contributed by atoms with Gasteiger partial charge in [0, 0.05) is 17.8 Å². The summed E-state index contributed by atoms with van der Waals surface area (Å²) < 4.78 is 5.38. The number of aliphatic hydroxyl groups is 1. The largest absolute Gasteiger partial charge is 0.466 e. The van der Waals surface area contributed by atoms with Crippen molar-refractivity contribution in [3.63, 3.8) is 0 Å². The van der Waals surface area contributed by atoms with Crippen LogP contribution in [0.25, 0.3) is 0 Å². The minimum absolute atomic E-state index is 0.284. The van der Waals surface area contributed by atoms with Crippen LogP contribution in [0.1, 0.15) is 29.6 Å². The molecule has 0 aliphatic heterocycles. The molecular formula is C16H20N2O3. The summed E-state index contributed by atoms with van der Waals surface area (Å²) in [7, 11) is 0. The Morgan fingerprint density at radius 2 is 2.00 bits per heavy atom. The molecule has 112 valence electrons. The van der Waals surface area contributed by atoms with Crippen LogP contribution < -0.4 is 10.6 Å². The van der Waals surface area contributed by atoms with Crippen molar-refractivity contribution in [2.24, 2.45) is 0 Å². The average molecular weight is 288 g/mol. The number of aliphatic hydroxyl groups excluding tert-OH is 1. The quantitative estimate of drug-likeness (QED) is 0.791. The Morgan fingerprint density at radius 1 is 1.29 bits per heavy atom. The van der Waals surface area contributed by atoms with E-state index in [4.69, 9.17) is 4.42 Å². The van der Waals surface area contributed by atoms with E-state index in [1.165, 1.54) is 0 Å². The third-order valence-corrected chi connectivity index (χ3v) is 3.17. The first kappa shape index (κ1) is 15.1. The highest BCUT2D eigenvalue weighted by Crippen LogP contribution is 2.23. The topological polar surface area (TPSA) is 74.5 Å². The van der Waals surface area contributed by atoms with Crippen molar-refractivity contribution in [2.45, 2.75) is 26.4 Å². The smallest absolute Gasteiger partial charge is 0.319 e. The maximum atomic E-state index is 11.7. The highest BCUT2D eigenvalue weighted by atomic mass is 16.3. The first-order chi connectivity index (χ1) is 10.1. The molecule has 1 aromatic heterocycles. The molecule has 0 fully saturated rings. The number of para-hydroxylation sites is 1. The van der Waals surface area contributed by atoms with E-state index < -0.39 is 6.10 Å². The van der Waals surface area contributed by atoms with Crippen LogP contribution in [-0.4, -0.2) is 17.7 Å². The SMILES string of the molecule is Cc1cc([C@@H](O)CCNC(=O)Nc2ccccc2)c(C)o1. The van der Waals surface area contributed by atoms with Crippen LogP contribution in [0.2, 0.25) is 0 Å². The van der Waals surface area contributed by atoms with Gasteiger partial charge in [-0.2, -0.15) is 0 Å². The number of rotatable bonds is 5. The number of aryl methyl sites for hydroxylation is 2. The number of anilines is 1. The van der Waals surface area contributed by atoms with Crippen LogP contribution in [0.4, 0.5) is 10.5 Å². The molecule has 2 rings (SSSR count). The maximum absolute atomic E-state index is 11.7. The molecule has 0 unspecified atom stereocenters. The highest BCUT2D eigenvalue weighted by molar-refractivity contribution is 5.89. The lowest BCUT2D eigenvalue weighted by Gasteiger charge is -2.11. The van der Waals surface area contributed by atoms with E-state index in [1.807, 2.05) is 50.2 Å². The molecule has 0 radical (unpaired) electrons. The van der Waals surface area contributed by atoms with Crippen LogP contribution in [0.5, 0.6) is 0 Å². The molecule has 21 heavy (non-hydrogen) atoms. The monoisotopic (exact) mass is 288 g/mol. The molecule has 0 aliphatic carbocycles. The standard InChI is InChI=1S/C16H20N2O3/c1-11-10-14(12(2)21-11)15(19)8-9-17-16(20)18-13-6-4-3-5-7-13/h3-7,10,15,19H,8-9H2,1-2H3,(H2,17,18,20)/t15-/m0/s1. The van der Waals surface area contributed by atoms with E-state index in [2.05, 4.69) is 10.6 Å². The molecule has 5 heteroatoms. The maximum Gasteiger partial charge on any atom is 0.319 e. The van der Waals surface area contributed by atoms with Gasteiger partial charge in [0.25, 0.3) is 0 Å². The Hall–Kier alpha value is -2.27. The van der Waals surface area contributed by atoms with Gasteiger partial charge in [-0.15, -0.1) is 0 Å². The molecule has 2 amide bonds.